The van der Waals surface area contributed by atoms with Crippen molar-refractivity contribution in [3.63, 3.8) is 0 Å². The SMILES string of the molecule is COC(=O)C(=C=O)CC1CCN(N2CCN(c3ccncc3)CC2)CC1. The van der Waals surface area contributed by atoms with Gasteiger partial charge in [0.2, 0.25) is 0 Å². The molecular formula is C19H26N4O3. The lowest BCUT2D eigenvalue weighted by Crippen LogP contribution is -2.55. The first-order valence-corrected chi connectivity index (χ1v) is 9.18. The lowest BCUT2D eigenvalue weighted by atomic mass is 9.91. The van der Waals surface area contributed by atoms with Gasteiger partial charge in [0.15, 0.2) is 0 Å². The molecule has 0 spiro atoms. The Morgan fingerprint density at radius 1 is 1.12 bits per heavy atom. The van der Waals surface area contributed by atoms with Gasteiger partial charge >= 0.3 is 5.97 Å². The van der Waals surface area contributed by atoms with Crippen LogP contribution in [0, 0.1) is 5.92 Å². The smallest absolute Gasteiger partial charge is 0.344 e. The molecule has 0 amide bonds. The summed E-state index contributed by atoms with van der Waals surface area (Å²) in [6.07, 6.45) is 6.10. The number of carbonyl (C=O) groups excluding carboxylic acids is 2. The first-order valence-electron chi connectivity index (χ1n) is 9.18. The Morgan fingerprint density at radius 2 is 1.73 bits per heavy atom. The number of anilines is 1. The van der Waals surface area contributed by atoms with Gasteiger partial charge in [-0.25, -0.2) is 19.6 Å². The third-order valence-electron chi connectivity index (χ3n) is 5.32. The zero-order chi connectivity index (χ0) is 18.4. The highest BCUT2D eigenvalue weighted by atomic mass is 16.5. The maximum Gasteiger partial charge on any atom is 0.344 e. The Bertz CT molecular complexity index is 644. The summed E-state index contributed by atoms with van der Waals surface area (Å²) in [7, 11) is 1.30. The van der Waals surface area contributed by atoms with Crippen LogP contribution in [0.25, 0.3) is 0 Å². The molecule has 2 aliphatic rings. The van der Waals surface area contributed by atoms with Gasteiger partial charge in [-0.3, -0.25) is 4.98 Å². The largest absolute Gasteiger partial charge is 0.465 e. The maximum atomic E-state index is 11.5. The summed E-state index contributed by atoms with van der Waals surface area (Å²) in [4.78, 5) is 28.9. The number of piperidine rings is 1. The van der Waals surface area contributed by atoms with Crippen molar-refractivity contribution in [2.75, 3.05) is 51.3 Å². The second-order valence-electron chi connectivity index (χ2n) is 6.82. The molecule has 2 saturated heterocycles. The summed E-state index contributed by atoms with van der Waals surface area (Å²) < 4.78 is 4.64. The number of esters is 1. The highest BCUT2D eigenvalue weighted by Crippen LogP contribution is 2.25. The Morgan fingerprint density at radius 3 is 2.31 bits per heavy atom. The van der Waals surface area contributed by atoms with Gasteiger partial charge < -0.3 is 9.64 Å². The van der Waals surface area contributed by atoms with Crippen LogP contribution in [0.3, 0.4) is 0 Å². The lowest BCUT2D eigenvalue weighted by Gasteiger charge is -2.44. The van der Waals surface area contributed by atoms with Crippen molar-refractivity contribution in [3.8, 4) is 0 Å². The average molecular weight is 358 g/mol. The summed E-state index contributed by atoms with van der Waals surface area (Å²) in [5.41, 5.74) is 1.37. The lowest BCUT2D eigenvalue weighted by molar-refractivity contribution is -0.136. The molecule has 0 aromatic carbocycles. The Hall–Kier alpha value is -2.21. The fourth-order valence-corrected chi connectivity index (χ4v) is 3.78. The second kappa shape index (κ2) is 8.94. The number of hydrazine groups is 1. The van der Waals surface area contributed by atoms with E-state index in [4.69, 9.17) is 0 Å². The zero-order valence-electron chi connectivity index (χ0n) is 15.3. The minimum Gasteiger partial charge on any atom is -0.465 e. The van der Waals surface area contributed by atoms with E-state index in [-0.39, 0.29) is 5.57 Å². The van der Waals surface area contributed by atoms with Gasteiger partial charge in [-0.1, -0.05) is 0 Å². The topological polar surface area (TPSA) is 66.0 Å². The molecule has 0 aliphatic carbocycles. The predicted molar refractivity (Wildman–Crippen MR) is 98.2 cm³/mol. The van der Waals surface area contributed by atoms with Crippen molar-refractivity contribution in [1.29, 1.82) is 0 Å². The van der Waals surface area contributed by atoms with Gasteiger partial charge in [-0.05, 0) is 37.3 Å². The monoisotopic (exact) mass is 358 g/mol. The molecule has 140 valence electrons. The van der Waals surface area contributed by atoms with Crippen LogP contribution in [0.4, 0.5) is 5.69 Å². The van der Waals surface area contributed by atoms with Gasteiger partial charge in [-0.15, -0.1) is 0 Å². The molecule has 3 heterocycles. The van der Waals surface area contributed by atoms with Crippen molar-refractivity contribution in [2.24, 2.45) is 5.92 Å². The van der Waals surface area contributed by atoms with Gasteiger partial charge in [-0.2, -0.15) is 0 Å². The second-order valence-corrected chi connectivity index (χ2v) is 6.82. The number of nitrogens with zero attached hydrogens (tertiary/aromatic N) is 4. The minimum absolute atomic E-state index is 0.136. The van der Waals surface area contributed by atoms with E-state index in [9.17, 15) is 9.59 Å². The maximum absolute atomic E-state index is 11.5. The fraction of sp³-hybridized carbons (Fsp3) is 0.579. The van der Waals surface area contributed by atoms with Gasteiger partial charge in [0, 0.05) is 57.3 Å². The van der Waals surface area contributed by atoms with Crippen molar-refractivity contribution >= 4 is 17.6 Å². The average Bonchev–Trinajstić information content (AvgIpc) is 2.72. The van der Waals surface area contributed by atoms with Gasteiger partial charge in [0.25, 0.3) is 0 Å². The molecule has 2 fully saturated rings. The summed E-state index contributed by atoms with van der Waals surface area (Å²) in [6.45, 7) is 5.96. The Balaban J connectivity index is 1.44. The molecule has 0 unspecified atom stereocenters. The molecule has 0 radical (unpaired) electrons. The number of rotatable bonds is 5. The van der Waals surface area contributed by atoms with Gasteiger partial charge in [0.1, 0.15) is 11.5 Å². The number of ether oxygens (including phenoxy) is 1. The van der Waals surface area contributed by atoms with E-state index in [1.807, 2.05) is 12.4 Å². The van der Waals surface area contributed by atoms with Crippen molar-refractivity contribution in [2.45, 2.75) is 19.3 Å². The molecule has 2 aliphatic heterocycles. The molecule has 3 rings (SSSR count). The molecule has 0 N–H and O–H groups in total. The molecule has 7 nitrogen and oxygen atoms in total. The molecule has 1 aromatic rings. The third-order valence-corrected chi connectivity index (χ3v) is 5.32. The molecule has 7 heteroatoms. The van der Waals surface area contributed by atoms with Gasteiger partial charge in [0.05, 0.1) is 7.11 Å². The Kier molecular flexibility index (Phi) is 6.39. The van der Waals surface area contributed by atoms with Crippen LogP contribution in [-0.2, 0) is 14.3 Å². The standard InChI is InChI=1S/C19H26N4O3/c1-26-19(25)17(15-24)14-16-4-8-22(9-5-16)23-12-10-21(11-13-23)18-2-6-20-7-3-18/h2-3,6-7,16H,4-5,8-14H2,1H3. The normalized spacial score (nSPS) is 19.8. The molecule has 0 bridgehead atoms. The quantitative estimate of drug-likeness (QED) is 0.444. The molecule has 0 atom stereocenters. The van der Waals surface area contributed by atoms with E-state index in [0.717, 1.165) is 52.1 Å². The summed E-state index contributed by atoms with van der Waals surface area (Å²) in [5.74, 6) is 1.55. The molecule has 0 saturated carbocycles. The van der Waals surface area contributed by atoms with Crippen LogP contribution >= 0.6 is 0 Å². The number of methoxy groups -OCH3 is 1. The van der Waals surface area contributed by atoms with Crippen LogP contribution in [0.1, 0.15) is 19.3 Å². The van der Waals surface area contributed by atoms with Crippen molar-refractivity contribution in [3.05, 3.63) is 30.1 Å². The van der Waals surface area contributed by atoms with E-state index in [1.54, 1.807) is 5.94 Å². The third kappa shape index (κ3) is 4.49. The van der Waals surface area contributed by atoms with Crippen LogP contribution in [0.2, 0.25) is 0 Å². The highest BCUT2D eigenvalue weighted by Gasteiger charge is 2.28. The van der Waals surface area contributed by atoms with E-state index in [0.29, 0.717) is 12.3 Å². The number of carbonyl (C=O) groups is 1. The van der Waals surface area contributed by atoms with E-state index < -0.39 is 5.97 Å². The van der Waals surface area contributed by atoms with E-state index >= 15 is 0 Å². The van der Waals surface area contributed by atoms with E-state index in [2.05, 4.69) is 36.8 Å². The van der Waals surface area contributed by atoms with Crippen LogP contribution in [0.15, 0.2) is 30.1 Å². The number of hydrogen-bond donors (Lipinski definition) is 0. The minimum atomic E-state index is -0.547. The van der Waals surface area contributed by atoms with Crippen molar-refractivity contribution in [1.82, 2.24) is 15.0 Å². The highest BCUT2D eigenvalue weighted by molar-refractivity contribution is 5.96. The molecular weight excluding hydrogens is 332 g/mol. The van der Waals surface area contributed by atoms with E-state index in [1.165, 1.54) is 12.8 Å². The summed E-state index contributed by atoms with van der Waals surface area (Å²) >= 11 is 0. The molecule has 1 aromatic heterocycles. The molecule has 26 heavy (non-hydrogen) atoms. The first kappa shape index (κ1) is 18.6. The number of pyridine rings is 1. The predicted octanol–water partition coefficient (Wildman–Crippen LogP) is 1.15. The fourth-order valence-electron chi connectivity index (χ4n) is 3.78. The first-order chi connectivity index (χ1) is 12.7. The number of piperazine rings is 1. The zero-order valence-corrected chi connectivity index (χ0v) is 15.3. The van der Waals surface area contributed by atoms with Crippen LogP contribution in [0.5, 0.6) is 0 Å². The summed E-state index contributed by atoms with van der Waals surface area (Å²) in [6, 6.07) is 4.11. The van der Waals surface area contributed by atoms with Crippen LogP contribution in [-0.4, -0.2) is 73.3 Å². The number of aromatic nitrogens is 1. The summed E-state index contributed by atoms with van der Waals surface area (Å²) in [5, 5.41) is 4.85. The number of hydrogen-bond acceptors (Lipinski definition) is 7. The van der Waals surface area contributed by atoms with Crippen LogP contribution < -0.4 is 4.90 Å². The van der Waals surface area contributed by atoms with Crippen molar-refractivity contribution < 1.29 is 14.3 Å². The Labute approximate surface area is 154 Å².